The Morgan fingerprint density at radius 2 is 1.50 bits per heavy atom. The maximum atomic E-state index is 12.5. The van der Waals surface area contributed by atoms with Gasteiger partial charge in [-0.2, -0.15) is 0 Å². The first-order chi connectivity index (χ1) is 14.3. The molecular weight excluding hydrogens is 384 g/mol. The van der Waals surface area contributed by atoms with Crippen LogP contribution in [0.3, 0.4) is 0 Å². The average molecular weight is 406 g/mol. The van der Waals surface area contributed by atoms with Crippen molar-refractivity contribution in [3.8, 4) is 23.0 Å². The molecule has 0 bridgehead atoms. The van der Waals surface area contributed by atoms with Gasteiger partial charge in [-0.05, 0) is 43.7 Å². The van der Waals surface area contributed by atoms with Crippen LogP contribution < -0.4 is 0 Å². The smallest absolute Gasteiger partial charge is 0.315 e. The van der Waals surface area contributed by atoms with Gasteiger partial charge in [0.05, 0.1) is 22.8 Å². The highest BCUT2D eigenvalue weighted by Crippen LogP contribution is 2.46. The summed E-state index contributed by atoms with van der Waals surface area (Å²) in [5.41, 5.74) is 1.67. The highest BCUT2D eigenvalue weighted by molar-refractivity contribution is 6.04. The third-order valence-electron chi connectivity index (χ3n) is 4.44. The molecular formula is C24H22O6. The summed E-state index contributed by atoms with van der Waals surface area (Å²) < 4.78 is 5.51. The van der Waals surface area contributed by atoms with E-state index in [0.29, 0.717) is 0 Å². The number of allylic oxidation sites excluding steroid dienone is 3. The molecule has 4 N–H and O–H groups in total. The van der Waals surface area contributed by atoms with E-state index in [9.17, 15) is 25.2 Å². The van der Waals surface area contributed by atoms with Crippen LogP contribution in [0.15, 0.2) is 66.3 Å². The number of aromatic hydroxyl groups is 4. The number of hydrogen-bond acceptors (Lipinski definition) is 6. The van der Waals surface area contributed by atoms with Crippen molar-refractivity contribution in [2.24, 2.45) is 0 Å². The molecule has 154 valence electrons. The maximum Gasteiger partial charge on any atom is 0.315 e. The molecule has 0 radical (unpaired) electrons. The summed E-state index contributed by atoms with van der Waals surface area (Å²) in [6, 6.07) is 12.6. The van der Waals surface area contributed by atoms with Crippen LogP contribution in [0.5, 0.6) is 23.0 Å². The molecule has 3 aromatic rings. The van der Waals surface area contributed by atoms with E-state index < -0.39 is 11.7 Å². The topological polar surface area (TPSA) is 107 Å². The summed E-state index contributed by atoms with van der Waals surface area (Å²) >= 11 is 0. The number of rotatable bonds is 5. The van der Waals surface area contributed by atoms with Crippen LogP contribution >= 0.6 is 0 Å². The van der Waals surface area contributed by atoms with Crippen molar-refractivity contribution in [3.63, 3.8) is 0 Å². The maximum absolute atomic E-state index is 12.5. The molecule has 0 unspecified atom stereocenters. The second-order valence-electron chi connectivity index (χ2n) is 7.06. The Labute approximate surface area is 173 Å². The molecule has 0 fully saturated rings. The van der Waals surface area contributed by atoms with E-state index in [1.54, 1.807) is 18.2 Å². The van der Waals surface area contributed by atoms with Gasteiger partial charge in [-0.3, -0.25) is 4.79 Å². The molecule has 0 aliphatic carbocycles. The summed E-state index contributed by atoms with van der Waals surface area (Å²) in [6.45, 7) is 3.70. The van der Waals surface area contributed by atoms with Gasteiger partial charge in [0.2, 0.25) is 0 Å². The fraction of sp³-hybridized carbons (Fsp3) is 0.125. The molecule has 6 heteroatoms. The largest absolute Gasteiger partial charge is 0.507 e. The molecule has 0 saturated carbocycles. The normalized spacial score (nSPS) is 11.3. The number of hydrogen-bond donors (Lipinski definition) is 4. The number of esters is 1. The van der Waals surface area contributed by atoms with Gasteiger partial charge < -0.3 is 25.2 Å². The second-order valence-corrected chi connectivity index (χ2v) is 7.06. The van der Waals surface area contributed by atoms with Crippen molar-refractivity contribution in [2.45, 2.75) is 20.3 Å². The number of phenolic OH excluding ortho intramolecular Hbond substituents is 4. The Bertz CT molecular complexity index is 1160. The van der Waals surface area contributed by atoms with Gasteiger partial charge in [0.15, 0.2) is 0 Å². The summed E-state index contributed by atoms with van der Waals surface area (Å²) in [6.07, 6.45) is 3.20. The average Bonchev–Trinajstić information content (AvgIpc) is 2.70. The standard InChI is InChI=1S/C24H22O6/c1-14(2)8-11-20(30-21(28)12-15-6-4-3-5-7-15)16-13-19(27)22-17(25)9-10-18(26)23(22)24(16)29/h3-11,13,25-27,29H,12H2,1-2H3/b20-11-. The van der Waals surface area contributed by atoms with E-state index in [2.05, 4.69) is 0 Å². The number of carbonyl (C=O) groups is 1. The van der Waals surface area contributed by atoms with Crippen molar-refractivity contribution in [1.82, 2.24) is 0 Å². The summed E-state index contributed by atoms with van der Waals surface area (Å²) in [5.74, 6) is -2.03. The zero-order valence-corrected chi connectivity index (χ0v) is 16.6. The molecule has 0 atom stereocenters. The Kier molecular flexibility index (Phi) is 5.97. The Balaban J connectivity index is 2.09. The predicted molar refractivity (Wildman–Crippen MR) is 114 cm³/mol. The summed E-state index contributed by atoms with van der Waals surface area (Å²) in [7, 11) is 0. The molecule has 30 heavy (non-hydrogen) atoms. The third kappa shape index (κ3) is 4.38. The van der Waals surface area contributed by atoms with Crippen LogP contribution in [0.25, 0.3) is 16.5 Å². The zero-order valence-electron chi connectivity index (χ0n) is 16.6. The SMILES string of the molecule is CC(C)=C/C=C(\OC(=O)Cc1ccccc1)c1cc(O)c2c(O)ccc(O)c2c1O. The van der Waals surface area contributed by atoms with E-state index in [0.717, 1.165) is 11.1 Å². The van der Waals surface area contributed by atoms with Crippen LogP contribution in [-0.2, 0) is 16.0 Å². The minimum atomic E-state index is -0.561. The number of benzene rings is 3. The quantitative estimate of drug-likeness (QED) is 0.211. The third-order valence-corrected chi connectivity index (χ3v) is 4.44. The van der Waals surface area contributed by atoms with Gasteiger partial charge in [-0.1, -0.05) is 42.0 Å². The van der Waals surface area contributed by atoms with Crippen molar-refractivity contribution in [1.29, 1.82) is 0 Å². The van der Waals surface area contributed by atoms with E-state index in [1.807, 2.05) is 32.0 Å². The van der Waals surface area contributed by atoms with Crippen molar-refractivity contribution >= 4 is 22.5 Å². The number of phenols is 4. The van der Waals surface area contributed by atoms with Crippen LogP contribution in [0.2, 0.25) is 0 Å². The fourth-order valence-corrected chi connectivity index (χ4v) is 3.02. The molecule has 0 amide bonds. The van der Waals surface area contributed by atoms with E-state index in [4.69, 9.17) is 4.74 Å². The number of carbonyl (C=O) groups excluding carboxylic acids is 1. The van der Waals surface area contributed by atoms with Gasteiger partial charge >= 0.3 is 5.97 Å². The van der Waals surface area contributed by atoms with E-state index in [-0.39, 0.29) is 45.8 Å². The van der Waals surface area contributed by atoms with Gasteiger partial charge in [-0.25, -0.2) is 0 Å². The highest BCUT2D eigenvalue weighted by atomic mass is 16.5. The lowest BCUT2D eigenvalue weighted by Crippen LogP contribution is -2.07. The first-order valence-electron chi connectivity index (χ1n) is 9.27. The van der Waals surface area contributed by atoms with Gasteiger partial charge in [0.1, 0.15) is 28.8 Å². The van der Waals surface area contributed by atoms with E-state index in [1.165, 1.54) is 24.3 Å². The van der Waals surface area contributed by atoms with Crippen molar-refractivity contribution < 1.29 is 30.0 Å². The summed E-state index contributed by atoms with van der Waals surface area (Å²) in [5, 5.41) is 41.2. The lowest BCUT2D eigenvalue weighted by Gasteiger charge is -2.15. The predicted octanol–water partition coefficient (Wildman–Crippen LogP) is 4.76. The monoisotopic (exact) mass is 406 g/mol. The Morgan fingerprint density at radius 3 is 2.13 bits per heavy atom. The molecule has 0 aliphatic rings. The molecule has 0 aliphatic heterocycles. The summed E-state index contributed by atoms with van der Waals surface area (Å²) in [4.78, 5) is 12.5. The fourth-order valence-electron chi connectivity index (χ4n) is 3.02. The minimum Gasteiger partial charge on any atom is -0.507 e. The first-order valence-corrected chi connectivity index (χ1v) is 9.27. The molecule has 3 aromatic carbocycles. The lowest BCUT2D eigenvalue weighted by molar-refractivity contribution is -0.135. The van der Waals surface area contributed by atoms with Crippen molar-refractivity contribution in [3.05, 3.63) is 77.4 Å². The van der Waals surface area contributed by atoms with Crippen LogP contribution in [0.1, 0.15) is 25.0 Å². The Hall–Kier alpha value is -3.93. The van der Waals surface area contributed by atoms with Gasteiger partial charge in [0, 0.05) is 0 Å². The molecule has 0 spiro atoms. The van der Waals surface area contributed by atoms with Crippen LogP contribution in [0.4, 0.5) is 0 Å². The zero-order chi connectivity index (χ0) is 21.8. The first kappa shape index (κ1) is 20.8. The lowest BCUT2D eigenvalue weighted by atomic mass is 10.0. The Morgan fingerprint density at radius 1 is 0.867 bits per heavy atom. The number of fused-ring (bicyclic) bond motifs is 1. The van der Waals surface area contributed by atoms with Crippen LogP contribution in [0, 0.1) is 0 Å². The minimum absolute atomic E-state index is 0.000174. The van der Waals surface area contributed by atoms with E-state index >= 15 is 0 Å². The van der Waals surface area contributed by atoms with Crippen molar-refractivity contribution in [2.75, 3.05) is 0 Å². The molecule has 0 aromatic heterocycles. The van der Waals surface area contributed by atoms with Gasteiger partial charge in [0.25, 0.3) is 0 Å². The highest BCUT2D eigenvalue weighted by Gasteiger charge is 2.21. The molecule has 3 rings (SSSR count). The molecule has 0 heterocycles. The van der Waals surface area contributed by atoms with Crippen LogP contribution in [-0.4, -0.2) is 26.4 Å². The second kappa shape index (κ2) is 8.61. The molecule has 0 saturated heterocycles. The van der Waals surface area contributed by atoms with Gasteiger partial charge in [-0.15, -0.1) is 0 Å². The number of ether oxygens (including phenoxy) is 1. The molecule has 6 nitrogen and oxygen atoms in total.